The number of halogens is 1. The molecule has 4 rings (SSSR count). The summed E-state index contributed by atoms with van der Waals surface area (Å²) in [6.45, 7) is 9.66. The molecule has 0 spiro atoms. The Hall–Kier alpha value is -3.20. The van der Waals surface area contributed by atoms with Gasteiger partial charge in [0, 0.05) is 63.7 Å². The third-order valence-corrected chi connectivity index (χ3v) is 5.05. The van der Waals surface area contributed by atoms with E-state index in [1.54, 1.807) is 35.9 Å². The molecule has 1 aromatic carbocycles. The van der Waals surface area contributed by atoms with E-state index >= 15 is 0 Å². The minimum atomic E-state index is -0.373. The first-order chi connectivity index (χ1) is 15.9. The van der Waals surface area contributed by atoms with Crippen LogP contribution in [-0.2, 0) is 29.5 Å². The molecule has 0 saturated carbocycles. The van der Waals surface area contributed by atoms with Gasteiger partial charge in [-0.15, -0.1) is 0 Å². The number of aromatic amines is 1. The van der Waals surface area contributed by atoms with Gasteiger partial charge in [0.15, 0.2) is 5.82 Å². The van der Waals surface area contributed by atoms with E-state index in [1.165, 1.54) is 6.07 Å². The van der Waals surface area contributed by atoms with Crippen LogP contribution in [0.15, 0.2) is 30.6 Å². The van der Waals surface area contributed by atoms with Gasteiger partial charge in [-0.2, -0.15) is 10.2 Å². The van der Waals surface area contributed by atoms with Gasteiger partial charge in [0.05, 0.1) is 18.4 Å². The minimum absolute atomic E-state index is 0.0230. The molecule has 1 aliphatic heterocycles. The highest BCUT2D eigenvalue weighted by Gasteiger charge is 2.24. The SMILES string of the molecule is CC.CC(=O)N1CCc2[nH]nc(Nc3ccc(-c4cnn(C)c4)cc3F)c2C1.CCCOC. The van der Waals surface area contributed by atoms with Gasteiger partial charge in [-0.1, -0.05) is 26.8 Å². The fraction of sp³-hybridized carbons (Fsp3) is 0.458. The van der Waals surface area contributed by atoms with E-state index in [0.717, 1.165) is 35.4 Å². The average molecular weight is 459 g/mol. The fourth-order valence-electron chi connectivity index (χ4n) is 3.37. The molecule has 9 heteroatoms. The monoisotopic (exact) mass is 458 g/mol. The highest BCUT2D eigenvalue weighted by atomic mass is 19.1. The molecule has 33 heavy (non-hydrogen) atoms. The summed E-state index contributed by atoms with van der Waals surface area (Å²) < 4.78 is 20.9. The zero-order valence-electron chi connectivity index (χ0n) is 20.4. The molecule has 0 fully saturated rings. The van der Waals surface area contributed by atoms with Crippen molar-refractivity contribution in [2.75, 3.05) is 25.6 Å². The zero-order valence-corrected chi connectivity index (χ0v) is 20.4. The van der Waals surface area contributed by atoms with Crippen molar-refractivity contribution in [2.45, 2.75) is 47.1 Å². The van der Waals surface area contributed by atoms with E-state index in [4.69, 9.17) is 4.74 Å². The number of amides is 1. The maximum Gasteiger partial charge on any atom is 0.219 e. The summed E-state index contributed by atoms with van der Waals surface area (Å²) >= 11 is 0. The van der Waals surface area contributed by atoms with Gasteiger partial charge >= 0.3 is 0 Å². The van der Waals surface area contributed by atoms with E-state index in [9.17, 15) is 9.18 Å². The summed E-state index contributed by atoms with van der Waals surface area (Å²) in [5.41, 5.74) is 3.84. The number of nitrogens with one attached hydrogen (secondary N) is 2. The Balaban J connectivity index is 0.000000489. The van der Waals surface area contributed by atoms with E-state index in [0.29, 0.717) is 31.0 Å². The highest BCUT2D eigenvalue weighted by molar-refractivity contribution is 5.74. The number of aromatic nitrogens is 4. The molecule has 180 valence electrons. The number of benzene rings is 1. The maximum absolute atomic E-state index is 14.6. The van der Waals surface area contributed by atoms with Crippen molar-refractivity contribution in [3.63, 3.8) is 0 Å². The lowest BCUT2D eigenvalue weighted by Gasteiger charge is -2.25. The largest absolute Gasteiger partial charge is 0.385 e. The fourth-order valence-corrected chi connectivity index (χ4v) is 3.37. The van der Waals surface area contributed by atoms with Crippen LogP contribution in [0.1, 0.15) is 45.4 Å². The van der Waals surface area contributed by atoms with E-state index < -0.39 is 0 Å². The topological polar surface area (TPSA) is 88.1 Å². The molecule has 8 nitrogen and oxygen atoms in total. The molecule has 0 saturated heterocycles. The number of methoxy groups -OCH3 is 1. The predicted molar refractivity (Wildman–Crippen MR) is 129 cm³/mol. The van der Waals surface area contributed by atoms with Crippen molar-refractivity contribution in [2.24, 2.45) is 7.05 Å². The number of anilines is 2. The molecular formula is C24H35FN6O2. The summed E-state index contributed by atoms with van der Waals surface area (Å²) in [7, 11) is 3.53. The summed E-state index contributed by atoms with van der Waals surface area (Å²) in [6.07, 6.45) is 5.37. The number of aryl methyl sites for hydroxylation is 1. The van der Waals surface area contributed by atoms with Gasteiger partial charge in [0.1, 0.15) is 5.82 Å². The first kappa shape index (κ1) is 26.1. The summed E-state index contributed by atoms with van der Waals surface area (Å²) in [5, 5.41) is 14.4. The Morgan fingerprint density at radius 2 is 2.06 bits per heavy atom. The molecule has 0 bridgehead atoms. The van der Waals surface area contributed by atoms with Crippen LogP contribution in [-0.4, -0.2) is 51.0 Å². The van der Waals surface area contributed by atoms with Gasteiger partial charge in [0.2, 0.25) is 5.91 Å². The number of carbonyl (C=O) groups is 1. The second-order valence-corrected chi connectivity index (χ2v) is 7.43. The number of carbonyl (C=O) groups excluding carboxylic acids is 1. The molecule has 2 N–H and O–H groups in total. The lowest BCUT2D eigenvalue weighted by Crippen LogP contribution is -2.34. The smallest absolute Gasteiger partial charge is 0.219 e. The standard InChI is InChI=1S/C18H19FN6O.C4H10O.C2H6/c1-11(26)25-6-5-16-14(10-25)18(23-22-16)21-17-4-3-12(7-15(17)19)13-8-20-24(2)9-13;1-3-4-5-2;1-2/h3-4,7-9H,5-6,10H2,1-2H3,(H2,21,22,23);3-4H2,1-2H3;1-2H3. The normalized spacial score (nSPS) is 12.2. The average Bonchev–Trinajstić information content (AvgIpc) is 3.43. The van der Waals surface area contributed by atoms with Crippen LogP contribution >= 0.6 is 0 Å². The third-order valence-electron chi connectivity index (χ3n) is 5.05. The number of H-pyrrole nitrogens is 1. The molecule has 0 unspecified atom stereocenters. The van der Waals surface area contributed by atoms with Crippen molar-refractivity contribution < 1.29 is 13.9 Å². The van der Waals surface area contributed by atoms with Crippen molar-refractivity contribution in [3.05, 3.63) is 47.7 Å². The molecule has 0 aliphatic carbocycles. The van der Waals surface area contributed by atoms with Crippen molar-refractivity contribution >= 4 is 17.4 Å². The van der Waals surface area contributed by atoms with Crippen molar-refractivity contribution in [3.8, 4) is 11.1 Å². The van der Waals surface area contributed by atoms with Crippen LogP contribution in [0.4, 0.5) is 15.9 Å². The Kier molecular flexibility index (Phi) is 10.1. The molecule has 1 aliphatic rings. The first-order valence-electron chi connectivity index (χ1n) is 11.3. The molecule has 3 aromatic rings. The van der Waals surface area contributed by atoms with E-state index in [-0.39, 0.29) is 11.7 Å². The van der Waals surface area contributed by atoms with Crippen molar-refractivity contribution in [1.29, 1.82) is 0 Å². The number of rotatable bonds is 5. The zero-order chi connectivity index (χ0) is 24.4. The summed E-state index contributed by atoms with van der Waals surface area (Å²) in [4.78, 5) is 13.4. The van der Waals surface area contributed by atoms with E-state index in [1.807, 2.05) is 33.2 Å². The van der Waals surface area contributed by atoms with Gasteiger partial charge in [-0.3, -0.25) is 14.6 Å². The van der Waals surface area contributed by atoms with Gasteiger partial charge in [-0.05, 0) is 24.1 Å². The number of hydrogen-bond donors (Lipinski definition) is 2. The number of hydrogen-bond acceptors (Lipinski definition) is 5. The van der Waals surface area contributed by atoms with Gasteiger partial charge < -0.3 is 15.0 Å². The lowest BCUT2D eigenvalue weighted by atomic mass is 10.1. The Morgan fingerprint density at radius 1 is 1.30 bits per heavy atom. The quantitative estimate of drug-likeness (QED) is 0.580. The number of fused-ring (bicyclic) bond motifs is 1. The molecule has 3 heterocycles. The second kappa shape index (κ2) is 12.7. The van der Waals surface area contributed by atoms with Crippen LogP contribution in [0.25, 0.3) is 11.1 Å². The molecule has 0 radical (unpaired) electrons. The third kappa shape index (κ3) is 6.89. The van der Waals surface area contributed by atoms with Crippen LogP contribution in [0.2, 0.25) is 0 Å². The summed E-state index contributed by atoms with van der Waals surface area (Å²) in [5.74, 6) is 0.205. The lowest BCUT2D eigenvalue weighted by molar-refractivity contribution is -0.129. The van der Waals surface area contributed by atoms with Gasteiger partial charge in [0.25, 0.3) is 0 Å². The summed E-state index contributed by atoms with van der Waals surface area (Å²) in [6, 6.07) is 4.99. The Bertz CT molecular complexity index is 1030. The molecule has 0 atom stereocenters. The van der Waals surface area contributed by atoms with Gasteiger partial charge in [-0.25, -0.2) is 4.39 Å². The highest BCUT2D eigenvalue weighted by Crippen LogP contribution is 2.29. The number of ether oxygens (including phenoxy) is 1. The van der Waals surface area contributed by atoms with Crippen LogP contribution in [0.3, 0.4) is 0 Å². The Morgan fingerprint density at radius 3 is 2.61 bits per heavy atom. The second-order valence-electron chi connectivity index (χ2n) is 7.43. The van der Waals surface area contributed by atoms with Crippen LogP contribution in [0.5, 0.6) is 0 Å². The molecule has 1 amide bonds. The first-order valence-corrected chi connectivity index (χ1v) is 11.3. The van der Waals surface area contributed by atoms with Crippen LogP contribution < -0.4 is 5.32 Å². The molecule has 2 aromatic heterocycles. The predicted octanol–water partition coefficient (Wildman–Crippen LogP) is 4.67. The maximum atomic E-state index is 14.6. The number of nitrogens with zero attached hydrogens (tertiary/aromatic N) is 4. The molecular weight excluding hydrogens is 423 g/mol. The van der Waals surface area contributed by atoms with E-state index in [2.05, 4.69) is 27.5 Å². The Labute approximate surface area is 195 Å². The minimum Gasteiger partial charge on any atom is -0.385 e. The van der Waals surface area contributed by atoms with Crippen molar-refractivity contribution in [1.82, 2.24) is 24.9 Å². The van der Waals surface area contributed by atoms with Crippen LogP contribution in [0, 0.1) is 5.82 Å².